The number of benzene rings is 9. The van der Waals surface area contributed by atoms with E-state index in [1.165, 1.54) is 33.0 Å². The van der Waals surface area contributed by atoms with E-state index in [0.29, 0.717) is 17.5 Å². The first-order valence-corrected chi connectivity index (χ1v) is 22.5. The van der Waals surface area contributed by atoms with E-state index in [-0.39, 0.29) is 0 Å². The fourth-order valence-corrected chi connectivity index (χ4v) is 9.26. The summed E-state index contributed by atoms with van der Waals surface area (Å²) in [5.41, 5.74) is 17.4. The van der Waals surface area contributed by atoms with Gasteiger partial charge < -0.3 is 4.57 Å². The van der Waals surface area contributed by atoms with Crippen molar-refractivity contribution in [3.63, 3.8) is 0 Å². The van der Waals surface area contributed by atoms with Gasteiger partial charge in [0.2, 0.25) is 0 Å². The first-order valence-electron chi connectivity index (χ1n) is 22.5. The Labute approximate surface area is 389 Å². The summed E-state index contributed by atoms with van der Waals surface area (Å²) in [5, 5.41) is 2.43. The van der Waals surface area contributed by atoms with Crippen LogP contribution in [0.2, 0.25) is 0 Å². The fraction of sp³-hybridized carbons (Fsp3) is 0. The zero-order valence-corrected chi connectivity index (χ0v) is 36.4. The standard InChI is InChI=1S/C62H41N5/c1-6-16-42(17-7-1)50-32-36-57-53(38-50)54-39-51(43-18-8-2-9-19-43)33-37-58(54)67(57)52-34-30-45(31-35-52)56-41-63-40-55(44-20-10-3-11-21-44)59(56)46-26-28-49(29-27-46)62-65-60(47-22-12-4-13-23-47)64-61(66-62)48-24-14-5-15-25-48/h1-41H. The van der Waals surface area contributed by atoms with E-state index in [9.17, 15) is 0 Å². The van der Waals surface area contributed by atoms with Gasteiger partial charge in [-0.05, 0) is 75.3 Å². The summed E-state index contributed by atoms with van der Waals surface area (Å²) in [5.74, 6) is 1.88. The van der Waals surface area contributed by atoms with Crippen molar-refractivity contribution in [2.45, 2.75) is 0 Å². The molecule has 67 heavy (non-hydrogen) atoms. The predicted molar refractivity (Wildman–Crippen MR) is 275 cm³/mol. The summed E-state index contributed by atoms with van der Waals surface area (Å²) >= 11 is 0. The molecule has 314 valence electrons. The number of hydrogen-bond acceptors (Lipinski definition) is 4. The molecule has 12 aromatic rings. The second-order valence-corrected chi connectivity index (χ2v) is 16.7. The van der Waals surface area contributed by atoms with Gasteiger partial charge in [-0.1, -0.05) is 200 Å². The van der Waals surface area contributed by atoms with Gasteiger partial charge in [0.05, 0.1) is 11.0 Å². The van der Waals surface area contributed by atoms with Crippen molar-refractivity contribution in [3.05, 3.63) is 249 Å². The van der Waals surface area contributed by atoms with Gasteiger partial charge in [0, 0.05) is 62.2 Å². The van der Waals surface area contributed by atoms with Crippen molar-refractivity contribution in [1.29, 1.82) is 0 Å². The molecule has 0 amide bonds. The average molecular weight is 856 g/mol. The minimum atomic E-state index is 0.616. The molecule has 0 aliphatic rings. The molecule has 0 spiro atoms. The number of nitrogens with zero attached hydrogens (tertiary/aromatic N) is 5. The molecule has 0 unspecified atom stereocenters. The lowest BCUT2D eigenvalue weighted by Gasteiger charge is -2.17. The first kappa shape index (κ1) is 39.5. The predicted octanol–water partition coefficient (Wildman–Crippen LogP) is 15.7. The summed E-state index contributed by atoms with van der Waals surface area (Å²) in [4.78, 5) is 19.8. The van der Waals surface area contributed by atoms with E-state index in [0.717, 1.165) is 66.8 Å². The molecule has 5 heteroatoms. The average Bonchev–Trinajstić information content (AvgIpc) is 3.75. The lowest BCUT2D eigenvalue weighted by molar-refractivity contribution is 1.07. The molecule has 0 saturated heterocycles. The molecule has 9 aromatic carbocycles. The van der Waals surface area contributed by atoms with Gasteiger partial charge in [-0.3, -0.25) is 4.98 Å². The van der Waals surface area contributed by atoms with Crippen LogP contribution in [0.15, 0.2) is 249 Å². The quantitative estimate of drug-likeness (QED) is 0.145. The molecular weight excluding hydrogens is 815 g/mol. The third-order valence-corrected chi connectivity index (χ3v) is 12.6. The van der Waals surface area contributed by atoms with Crippen molar-refractivity contribution >= 4 is 21.8 Å². The molecule has 0 fully saturated rings. The van der Waals surface area contributed by atoms with Gasteiger partial charge in [-0.25, -0.2) is 15.0 Å². The van der Waals surface area contributed by atoms with Crippen LogP contribution in [0.25, 0.3) is 117 Å². The Morgan fingerprint density at radius 1 is 0.269 bits per heavy atom. The first-order chi connectivity index (χ1) is 33.2. The largest absolute Gasteiger partial charge is 0.309 e. The van der Waals surface area contributed by atoms with Gasteiger partial charge in [-0.15, -0.1) is 0 Å². The highest BCUT2D eigenvalue weighted by atomic mass is 15.0. The van der Waals surface area contributed by atoms with Crippen molar-refractivity contribution < 1.29 is 0 Å². The molecule has 0 bridgehead atoms. The van der Waals surface area contributed by atoms with Crippen LogP contribution in [-0.4, -0.2) is 24.5 Å². The molecule has 0 saturated carbocycles. The SMILES string of the molecule is c1ccc(-c2ccc3c(c2)c2cc(-c4ccccc4)ccc2n3-c2ccc(-c3cncc(-c4ccccc4)c3-c3ccc(-c4nc(-c5ccccc5)nc(-c5ccccc5)n4)cc3)cc2)cc1. The van der Waals surface area contributed by atoms with E-state index in [4.69, 9.17) is 19.9 Å². The van der Waals surface area contributed by atoms with Crippen LogP contribution in [0.4, 0.5) is 0 Å². The molecule has 3 heterocycles. The lowest BCUT2D eigenvalue weighted by atomic mass is 9.89. The zero-order valence-electron chi connectivity index (χ0n) is 36.4. The lowest BCUT2D eigenvalue weighted by Crippen LogP contribution is -2.00. The zero-order chi connectivity index (χ0) is 44.5. The van der Waals surface area contributed by atoms with Crippen LogP contribution >= 0.6 is 0 Å². The summed E-state index contributed by atoms with van der Waals surface area (Å²) in [6.07, 6.45) is 3.97. The molecule has 0 N–H and O–H groups in total. The Morgan fingerprint density at radius 3 is 1.03 bits per heavy atom. The molecule has 0 radical (unpaired) electrons. The van der Waals surface area contributed by atoms with Crippen LogP contribution in [0.5, 0.6) is 0 Å². The molecule has 12 rings (SSSR count). The van der Waals surface area contributed by atoms with Gasteiger partial charge in [0.25, 0.3) is 0 Å². The Morgan fingerprint density at radius 2 is 0.597 bits per heavy atom. The number of fused-ring (bicyclic) bond motifs is 3. The Hall–Kier alpha value is -9.06. The van der Waals surface area contributed by atoms with Gasteiger partial charge in [-0.2, -0.15) is 0 Å². The third kappa shape index (κ3) is 7.54. The van der Waals surface area contributed by atoms with Crippen LogP contribution in [0.3, 0.4) is 0 Å². The molecular formula is C62H41N5. The number of hydrogen-bond donors (Lipinski definition) is 0. The highest BCUT2D eigenvalue weighted by Crippen LogP contribution is 2.42. The van der Waals surface area contributed by atoms with Crippen LogP contribution in [0, 0.1) is 0 Å². The van der Waals surface area contributed by atoms with Crippen LogP contribution < -0.4 is 0 Å². The maximum atomic E-state index is 5.00. The minimum Gasteiger partial charge on any atom is -0.309 e. The summed E-state index contributed by atoms with van der Waals surface area (Å²) in [6.45, 7) is 0. The number of rotatable bonds is 9. The normalized spacial score (nSPS) is 11.3. The molecule has 5 nitrogen and oxygen atoms in total. The summed E-state index contributed by atoms with van der Waals surface area (Å²) < 4.78 is 2.39. The van der Waals surface area contributed by atoms with E-state index in [1.54, 1.807) is 0 Å². The molecule has 0 aliphatic heterocycles. The van der Waals surface area contributed by atoms with Crippen LogP contribution in [-0.2, 0) is 0 Å². The minimum absolute atomic E-state index is 0.616. The van der Waals surface area contributed by atoms with E-state index < -0.39 is 0 Å². The van der Waals surface area contributed by atoms with Crippen molar-refractivity contribution in [2.24, 2.45) is 0 Å². The molecule has 3 aromatic heterocycles. The van der Waals surface area contributed by atoms with Crippen molar-refractivity contribution in [1.82, 2.24) is 24.5 Å². The van der Waals surface area contributed by atoms with E-state index >= 15 is 0 Å². The Balaban J connectivity index is 0.964. The maximum Gasteiger partial charge on any atom is 0.164 e. The van der Waals surface area contributed by atoms with Crippen molar-refractivity contribution in [3.8, 4) is 95.5 Å². The monoisotopic (exact) mass is 855 g/mol. The molecule has 0 atom stereocenters. The van der Waals surface area contributed by atoms with Gasteiger partial charge in [0.1, 0.15) is 0 Å². The van der Waals surface area contributed by atoms with E-state index in [1.807, 2.05) is 73.1 Å². The van der Waals surface area contributed by atoms with Gasteiger partial charge in [0.15, 0.2) is 17.5 Å². The maximum absolute atomic E-state index is 5.00. The second-order valence-electron chi connectivity index (χ2n) is 16.7. The third-order valence-electron chi connectivity index (χ3n) is 12.6. The van der Waals surface area contributed by atoms with Crippen LogP contribution in [0.1, 0.15) is 0 Å². The Kier molecular flexibility index (Phi) is 10.1. The fourth-order valence-electron chi connectivity index (χ4n) is 9.26. The van der Waals surface area contributed by atoms with Crippen molar-refractivity contribution in [2.75, 3.05) is 0 Å². The second kappa shape index (κ2) is 17.1. The molecule has 0 aliphatic carbocycles. The highest BCUT2D eigenvalue weighted by molar-refractivity contribution is 6.11. The Bertz CT molecular complexity index is 3530. The van der Waals surface area contributed by atoms with E-state index in [2.05, 4.69) is 180 Å². The highest BCUT2D eigenvalue weighted by Gasteiger charge is 2.19. The number of pyridine rings is 1. The number of aromatic nitrogens is 5. The smallest absolute Gasteiger partial charge is 0.164 e. The van der Waals surface area contributed by atoms with Gasteiger partial charge >= 0.3 is 0 Å². The summed E-state index contributed by atoms with van der Waals surface area (Å²) in [7, 11) is 0. The topological polar surface area (TPSA) is 56.5 Å². The summed E-state index contributed by atoms with van der Waals surface area (Å²) in [6, 6.07) is 83.2.